The second-order valence-corrected chi connectivity index (χ2v) is 4.49. The molecule has 2 rings (SSSR count). The molecule has 0 aliphatic heterocycles. The molecule has 0 unspecified atom stereocenters. The molecular weight excluding hydrogens is 243 g/mol. The van der Waals surface area contributed by atoms with Gasteiger partial charge in [-0.1, -0.05) is 17.7 Å². The third-order valence-corrected chi connectivity index (χ3v) is 2.79. The van der Waals surface area contributed by atoms with Crippen LogP contribution in [0.2, 0.25) is 5.02 Å². The van der Waals surface area contributed by atoms with E-state index in [-0.39, 0.29) is 12.4 Å². The van der Waals surface area contributed by atoms with Crippen molar-refractivity contribution in [2.75, 3.05) is 20.6 Å². The summed E-state index contributed by atoms with van der Waals surface area (Å²) >= 11 is 5.93. The van der Waals surface area contributed by atoms with Gasteiger partial charge in [0, 0.05) is 28.7 Å². The Morgan fingerprint density at radius 3 is 2.75 bits per heavy atom. The van der Waals surface area contributed by atoms with Gasteiger partial charge in [-0.05, 0) is 38.2 Å². The Kier molecular flexibility index (Phi) is 4.66. The predicted molar refractivity (Wildman–Crippen MR) is 72.8 cm³/mol. The number of aromatic amines is 1. The topological polar surface area (TPSA) is 19.0 Å². The highest BCUT2D eigenvalue weighted by Gasteiger charge is 2.04. The Bertz CT molecular complexity index is 463. The molecule has 88 valence electrons. The van der Waals surface area contributed by atoms with Crippen molar-refractivity contribution >= 4 is 34.9 Å². The van der Waals surface area contributed by atoms with Gasteiger partial charge in [-0.25, -0.2) is 0 Å². The van der Waals surface area contributed by atoms with Gasteiger partial charge in [-0.2, -0.15) is 0 Å². The maximum Gasteiger partial charge on any atom is 0.0471 e. The summed E-state index contributed by atoms with van der Waals surface area (Å²) in [5.74, 6) is 0. The van der Waals surface area contributed by atoms with Gasteiger partial charge in [0.05, 0.1) is 0 Å². The molecule has 1 aromatic heterocycles. The molecule has 2 nitrogen and oxygen atoms in total. The molecule has 1 heterocycles. The number of aromatic nitrogens is 1. The van der Waals surface area contributed by atoms with E-state index in [1.165, 1.54) is 10.9 Å². The van der Waals surface area contributed by atoms with E-state index in [0.717, 1.165) is 23.5 Å². The largest absolute Gasteiger partial charge is 0.361 e. The Labute approximate surface area is 107 Å². The number of nitrogens with one attached hydrogen (secondary N) is 1. The van der Waals surface area contributed by atoms with Crippen molar-refractivity contribution in [2.24, 2.45) is 0 Å². The number of hydrogen-bond acceptors (Lipinski definition) is 1. The lowest BCUT2D eigenvalue weighted by Gasteiger charge is -2.07. The number of hydrogen-bond donors (Lipinski definition) is 1. The molecule has 1 aromatic carbocycles. The first-order chi connectivity index (χ1) is 7.16. The Hall–Kier alpha value is -0.700. The van der Waals surface area contributed by atoms with Gasteiger partial charge < -0.3 is 9.88 Å². The van der Waals surface area contributed by atoms with Crippen molar-refractivity contribution < 1.29 is 0 Å². The van der Waals surface area contributed by atoms with Crippen LogP contribution in [0.1, 0.15) is 5.56 Å². The Balaban J connectivity index is 0.00000128. The summed E-state index contributed by atoms with van der Waals surface area (Å²) in [6.07, 6.45) is 3.14. The summed E-state index contributed by atoms with van der Waals surface area (Å²) in [6, 6.07) is 5.99. The minimum Gasteiger partial charge on any atom is -0.361 e. The van der Waals surface area contributed by atoms with Crippen LogP contribution in [0.3, 0.4) is 0 Å². The normalized spacial score (nSPS) is 10.8. The van der Waals surface area contributed by atoms with Gasteiger partial charge in [0.15, 0.2) is 0 Å². The van der Waals surface area contributed by atoms with Crippen LogP contribution in [0.4, 0.5) is 0 Å². The molecule has 0 amide bonds. The molecule has 0 fully saturated rings. The summed E-state index contributed by atoms with van der Waals surface area (Å²) in [5.41, 5.74) is 2.48. The molecule has 0 saturated heterocycles. The van der Waals surface area contributed by atoms with Crippen molar-refractivity contribution in [1.82, 2.24) is 9.88 Å². The van der Waals surface area contributed by atoms with E-state index in [2.05, 4.69) is 36.2 Å². The average molecular weight is 259 g/mol. The smallest absolute Gasteiger partial charge is 0.0471 e. The number of nitrogens with zero attached hydrogens (tertiary/aromatic N) is 1. The molecule has 0 spiro atoms. The van der Waals surface area contributed by atoms with Gasteiger partial charge in [0.1, 0.15) is 0 Å². The summed E-state index contributed by atoms with van der Waals surface area (Å²) < 4.78 is 0. The van der Waals surface area contributed by atoms with Crippen LogP contribution >= 0.6 is 24.0 Å². The van der Waals surface area contributed by atoms with Crippen molar-refractivity contribution in [1.29, 1.82) is 0 Å². The van der Waals surface area contributed by atoms with Gasteiger partial charge in [-0.15, -0.1) is 12.4 Å². The van der Waals surface area contributed by atoms with E-state index in [1.54, 1.807) is 0 Å². The lowest BCUT2D eigenvalue weighted by atomic mass is 10.1. The minimum absolute atomic E-state index is 0. The number of halogens is 2. The Morgan fingerprint density at radius 2 is 2.06 bits per heavy atom. The third kappa shape index (κ3) is 2.91. The fourth-order valence-electron chi connectivity index (χ4n) is 1.71. The maximum absolute atomic E-state index is 5.93. The zero-order valence-corrected chi connectivity index (χ0v) is 11.0. The zero-order valence-electron chi connectivity index (χ0n) is 9.46. The highest BCUT2D eigenvalue weighted by atomic mass is 35.5. The van der Waals surface area contributed by atoms with Crippen LogP contribution in [0.15, 0.2) is 24.4 Å². The molecule has 4 heteroatoms. The van der Waals surface area contributed by atoms with Crippen LogP contribution < -0.4 is 0 Å². The van der Waals surface area contributed by atoms with E-state index in [9.17, 15) is 0 Å². The molecule has 0 bridgehead atoms. The molecule has 2 aromatic rings. The molecular formula is C12H16Cl2N2. The summed E-state index contributed by atoms with van der Waals surface area (Å²) in [4.78, 5) is 5.44. The molecule has 0 radical (unpaired) electrons. The maximum atomic E-state index is 5.93. The van der Waals surface area contributed by atoms with Crippen molar-refractivity contribution in [3.05, 3.63) is 35.0 Å². The van der Waals surface area contributed by atoms with E-state index in [1.807, 2.05) is 12.1 Å². The summed E-state index contributed by atoms with van der Waals surface area (Å²) in [5, 5.41) is 2.06. The van der Waals surface area contributed by atoms with Crippen LogP contribution in [0.25, 0.3) is 10.9 Å². The fraction of sp³-hybridized carbons (Fsp3) is 0.333. The van der Waals surface area contributed by atoms with Gasteiger partial charge in [-0.3, -0.25) is 0 Å². The summed E-state index contributed by atoms with van der Waals surface area (Å²) in [7, 11) is 4.18. The van der Waals surface area contributed by atoms with Crippen molar-refractivity contribution in [2.45, 2.75) is 6.42 Å². The van der Waals surface area contributed by atoms with Crippen LogP contribution in [-0.4, -0.2) is 30.5 Å². The first-order valence-corrected chi connectivity index (χ1v) is 5.45. The second kappa shape index (κ2) is 5.58. The average Bonchev–Trinajstić information content (AvgIpc) is 2.57. The second-order valence-electron chi connectivity index (χ2n) is 4.06. The highest BCUT2D eigenvalue weighted by Crippen LogP contribution is 2.22. The van der Waals surface area contributed by atoms with Crippen molar-refractivity contribution in [3.8, 4) is 0 Å². The van der Waals surface area contributed by atoms with Crippen molar-refractivity contribution in [3.63, 3.8) is 0 Å². The number of likely N-dealkylation sites (N-methyl/N-ethyl adjacent to an activating group) is 1. The number of fused-ring (bicyclic) bond motifs is 1. The fourth-order valence-corrected chi connectivity index (χ4v) is 1.88. The zero-order chi connectivity index (χ0) is 10.8. The Morgan fingerprint density at radius 1 is 1.31 bits per heavy atom. The van der Waals surface area contributed by atoms with Gasteiger partial charge >= 0.3 is 0 Å². The standard InChI is InChI=1S/C12H15ClN2.ClH/c1-15(2)6-5-9-8-14-12-7-10(13)3-4-11(9)12;/h3-4,7-8,14H,5-6H2,1-2H3;1H. The highest BCUT2D eigenvalue weighted by molar-refractivity contribution is 6.31. The first-order valence-electron chi connectivity index (χ1n) is 5.07. The van der Waals surface area contributed by atoms with E-state index < -0.39 is 0 Å². The third-order valence-electron chi connectivity index (χ3n) is 2.56. The lowest BCUT2D eigenvalue weighted by molar-refractivity contribution is 0.414. The van der Waals surface area contributed by atoms with Crippen LogP contribution in [0.5, 0.6) is 0 Å². The van der Waals surface area contributed by atoms with Crippen LogP contribution in [-0.2, 0) is 6.42 Å². The number of rotatable bonds is 3. The molecule has 16 heavy (non-hydrogen) atoms. The van der Waals surface area contributed by atoms with E-state index in [4.69, 9.17) is 11.6 Å². The van der Waals surface area contributed by atoms with Gasteiger partial charge in [0.2, 0.25) is 0 Å². The number of H-pyrrole nitrogens is 1. The molecule has 1 N–H and O–H groups in total. The minimum atomic E-state index is 0. The van der Waals surface area contributed by atoms with E-state index in [0.29, 0.717) is 0 Å². The SMILES string of the molecule is CN(C)CCc1c[nH]c2cc(Cl)ccc12.Cl. The molecule has 0 atom stereocenters. The van der Waals surface area contributed by atoms with Gasteiger partial charge in [0.25, 0.3) is 0 Å². The summed E-state index contributed by atoms with van der Waals surface area (Å²) in [6.45, 7) is 1.07. The molecule has 0 aliphatic carbocycles. The number of benzene rings is 1. The molecule has 0 saturated carbocycles. The lowest BCUT2D eigenvalue weighted by Crippen LogP contribution is -2.14. The quantitative estimate of drug-likeness (QED) is 0.895. The predicted octanol–water partition coefficient (Wildman–Crippen LogP) is 3.35. The monoisotopic (exact) mass is 258 g/mol. The first kappa shape index (κ1) is 13.4. The van der Waals surface area contributed by atoms with Crippen LogP contribution in [0, 0.1) is 0 Å². The molecule has 0 aliphatic rings. The van der Waals surface area contributed by atoms with E-state index >= 15 is 0 Å².